The molecular formula is C22H31BF3NO5. The number of nitrogens with zero attached hydrogens (tertiary/aromatic N) is 1. The minimum atomic E-state index is -4.86. The Hall–Kier alpha value is -1.94. The van der Waals surface area contributed by atoms with Gasteiger partial charge in [-0.3, -0.25) is 0 Å². The van der Waals surface area contributed by atoms with Crippen LogP contribution in [0.1, 0.15) is 66.9 Å². The van der Waals surface area contributed by atoms with Crippen LogP contribution in [0.4, 0.5) is 18.0 Å². The van der Waals surface area contributed by atoms with Crippen LogP contribution in [0.5, 0.6) is 5.75 Å². The van der Waals surface area contributed by atoms with Crippen molar-refractivity contribution in [1.82, 2.24) is 4.90 Å². The predicted octanol–water partition coefficient (Wildman–Crippen LogP) is 4.78. The van der Waals surface area contributed by atoms with E-state index in [1.807, 2.05) is 27.7 Å². The Kier molecular flexibility index (Phi) is 6.28. The van der Waals surface area contributed by atoms with Crippen LogP contribution < -0.4 is 10.2 Å². The molecule has 1 aromatic rings. The molecule has 10 heteroatoms. The van der Waals surface area contributed by atoms with Gasteiger partial charge in [-0.05, 0) is 72.8 Å². The van der Waals surface area contributed by atoms with Crippen LogP contribution in [-0.4, -0.2) is 47.3 Å². The molecule has 0 N–H and O–H groups in total. The molecule has 0 radical (unpaired) electrons. The average Bonchev–Trinajstić information content (AvgIpc) is 3.38. The van der Waals surface area contributed by atoms with Gasteiger partial charge < -0.3 is 23.7 Å². The van der Waals surface area contributed by atoms with Gasteiger partial charge in [0.25, 0.3) is 0 Å². The van der Waals surface area contributed by atoms with E-state index in [2.05, 4.69) is 4.74 Å². The first kappa shape index (κ1) is 24.7. The number of hydrogen-bond acceptors (Lipinski definition) is 5. The van der Waals surface area contributed by atoms with Crippen LogP contribution >= 0.6 is 0 Å². The first-order chi connectivity index (χ1) is 14.5. The van der Waals surface area contributed by atoms with Crippen molar-refractivity contribution in [2.45, 2.75) is 97.1 Å². The Morgan fingerprint density at radius 1 is 1.12 bits per heavy atom. The van der Waals surface area contributed by atoms with E-state index in [4.69, 9.17) is 14.0 Å². The molecule has 2 aliphatic rings. The van der Waals surface area contributed by atoms with Gasteiger partial charge in [0, 0.05) is 11.6 Å². The molecule has 0 aromatic heterocycles. The Labute approximate surface area is 187 Å². The monoisotopic (exact) mass is 457 g/mol. The largest absolute Gasteiger partial charge is 0.573 e. The molecule has 178 valence electrons. The number of ether oxygens (including phenoxy) is 2. The molecule has 1 aliphatic carbocycles. The Morgan fingerprint density at radius 3 is 2.16 bits per heavy atom. The van der Waals surface area contributed by atoms with Gasteiger partial charge in [-0.1, -0.05) is 12.1 Å². The molecule has 1 aromatic carbocycles. The highest BCUT2D eigenvalue weighted by molar-refractivity contribution is 6.62. The molecule has 32 heavy (non-hydrogen) atoms. The van der Waals surface area contributed by atoms with E-state index < -0.39 is 36.4 Å². The van der Waals surface area contributed by atoms with E-state index in [9.17, 15) is 18.0 Å². The van der Waals surface area contributed by atoms with Gasteiger partial charge in [0.2, 0.25) is 0 Å². The summed E-state index contributed by atoms with van der Waals surface area (Å²) in [5.41, 5.74) is -1.18. The normalized spacial score (nSPS) is 20.2. The molecule has 1 amide bonds. The van der Waals surface area contributed by atoms with Crippen molar-refractivity contribution in [3.63, 3.8) is 0 Å². The third-order valence-electron chi connectivity index (χ3n) is 5.79. The number of hydrogen-bond donors (Lipinski definition) is 0. The third kappa shape index (κ3) is 5.89. The van der Waals surface area contributed by atoms with E-state index in [-0.39, 0.29) is 23.9 Å². The van der Waals surface area contributed by atoms with Crippen LogP contribution in [0.3, 0.4) is 0 Å². The maximum Gasteiger partial charge on any atom is 0.573 e. The topological polar surface area (TPSA) is 57.2 Å². The van der Waals surface area contributed by atoms with Gasteiger partial charge in [0.05, 0.1) is 17.7 Å². The maximum atomic E-state index is 13.0. The summed E-state index contributed by atoms with van der Waals surface area (Å²) in [6.45, 7) is 12.7. The first-order valence-electron chi connectivity index (χ1n) is 10.7. The summed E-state index contributed by atoms with van der Waals surface area (Å²) in [5, 5.41) is 0. The van der Waals surface area contributed by atoms with Crippen molar-refractivity contribution in [2.75, 3.05) is 0 Å². The SMILES string of the molecule is CC(C)(C)OC(=O)N(Cc1cc(B2OC(C)(C)C(C)(C)O2)ccc1OC(F)(F)F)C1CC1. The van der Waals surface area contributed by atoms with Gasteiger partial charge in [-0.15, -0.1) is 13.2 Å². The average molecular weight is 457 g/mol. The highest BCUT2D eigenvalue weighted by atomic mass is 19.4. The Bertz CT molecular complexity index is 846. The zero-order chi connectivity index (χ0) is 24.1. The summed E-state index contributed by atoms with van der Waals surface area (Å²) >= 11 is 0. The highest BCUT2D eigenvalue weighted by Crippen LogP contribution is 2.37. The first-order valence-corrected chi connectivity index (χ1v) is 10.7. The van der Waals surface area contributed by atoms with Gasteiger partial charge >= 0.3 is 19.6 Å². The minimum Gasteiger partial charge on any atom is -0.444 e. The second-order valence-corrected chi connectivity index (χ2v) is 10.3. The summed E-state index contributed by atoms with van der Waals surface area (Å²) in [4.78, 5) is 14.2. The third-order valence-corrected chi connectivity index (χ3v) is 5.79. The lowest BCUT2D eigenvalue weighted by Crippen LogP contribution is -2.41. The van der Waals surface area contributed by atoms with E-state index in [0.29, 0.717) is 5.46 Å². The Balaban J connectivity index is 1.92. The van der Waals surface area contributed by atoms with Crippen LogP contribution in [0, 0.1) is 0 Å². The summed E-state index contributed by atoms with van der Waals surface area (Å²) in [6, 6.07) is 4.19. The van der Waals surface area contributed by atoms with Crippen molar-refractivity contribution < 1.29 is 36.7 Å². The second kappa shape index (κ2) is 8.13. The molecule has 1 heterocycles. The summed E-state index contributed by atoms with van der Waals surface area (Å²) in [5.74, 6) is -0.369. The van der Waals surface area contributed by atoms with E-state index in [1.165, 1.54) is 17.0 Å². The molecule has 0 atom stereocenters. The quantitative estimate of drug-likeness (QED) is 0.596. The molecule has 6 nitrogen and oxygen atoms in total. The van der Waals surface area contributed by atoms with Gasteiger partial charge in [-0.2, -0.15) is 0 Å². The zero-order valence-corrected chi connectivity index (χ0v) is 19.6. The molecule has 1 saturated heterocycles. The molecule has 2 fully saturated rings. The fourth-order valence-electron chi connectivity index (χ4n) is 3.31. The van der Waals surface area contributed by atoms with Crippen molar-refractivity contribution in [2.24, 2.45) is 0 Å². The van der Waals surface area contributed by atoms with E-state index >= 15 is 0 Å². The minimum absolute atomic E-state index is 0.0795. The number of amides is 1. The maximum absolute atomic E-state index is 13.0. The fourth-order valence-corrected chi connectivity index (χ4v) is 3.31. The lowest BCUT2D eigenvalue weighted by atomic mass is 9.78. The fraction of sp³-hybridized carbons (Fsp3) is 0.682. The van der Waals surface area contributed by atoms with Crippen molar-refractivity contribution in [3.05, 3.63) is 23.8 Å². The lowest BCUT2D eigenvalue weighted by Gasteiger charge is -2.32. The standard InChI is InChI=1S/C22H31BF3NO5/c1-19(2,3)30-18(28)27(16-9-10-16)13-14-12-15(8-11-17(14)29-22(24,25)26)23-31-20(4,5)21(6,7)32-23/h8,11-12,16H,9-10,13H2,1-7H3. The van der Waals surface area contributed by atoms with E-state index in [0.717, 1.165) is 12.8 Å². The van der Waals surface area contributed by atoms with Crippen molar-refractivity contribution in [1.29, 1.82) is 0 Å². The van der Waals surface area contributed by atoms with Gasteiger partial charge in [0.15, 0.2) is 0 Å². The van der Waals surface area contributed by atoms with Gasteiger partial charge in [0.1, 0.15) is 11.4 Å². The molecule has 3 rings (SSSR count). The smallest absolute Gasteiger partial charge is 0.444 e. The number of carbonyl (C=O) groups is 1. The summed E-state index contributed by atoms with van der Waals surface area (Å²) in [7, 11) is -0.755. The van der Waals surface area contributed by atoms with Crippen LogP contribution in [0.2, 0.25) is 0 Å². The molecule has 1 aliphatic heterocycles. The number of halogens is 3. The molecule has 0 bridgehead atoms. The Morgan fingerprint density at radius 2 is 1.69 bits per heavy atom. The number of rotatable bonds is 5. The zero-order valence-electron chi connectivity index (χ0n) is 19.6. The molecule has 0 spiro atoms. The predicted molar refractivity (Wildman–Crippen MR) is 114 cm³/mol. The van der Waals surface area contributed by atoms with E-state index in [1.54, 1.807) is 26.8 Å². The van der Waals surface area contributed by atoms with Crippen LogP contribution in [-0.2, 0) is 20.6 Å². The van der Waals surface area contributed by atoms with Crippen LogP contribution in [0.25, 0.3) is 0 Å². The summed E-state index contributed by atoms with van der Waals surface area (Å²) < 4.78 is 60.9. The highest BCUT2D eigenvalue weighted by Gasteiger charge is 2.52. The van der Waals surface area contributed by atoms with Crippen molar-refractivity contribution >= 4 is 18.7 Å². The molecule has 0 unspecified atom stereocenters. The molecular weight excluding hydrogens is 426 g/mol. The second-order valence-electron chi connectivity index (χ2n) is 10.3. The number of carbonyl (C=O) groups excluding carboxylic acids is 1. The molecule has 1 saturated carbocycles. The summed E-state index contributed by atoms with van der Waals surface area (Å²) in [6.07, 6.45) is -3.90. The number of benzene rings is 1. The number of alkyl halides is 3. The van der Waals surface area contributed by atoms with Gasteiger partial charge in [-0.25, -0.2) is 4.79 Å². The van der Waals surface area contributed by atoms with Crippen LogP contribution in [0.15, 0.2) is 18.2 Å². The van der Waals surface area contributed by atoms with Crippen molar-refractivity contribution in [3.8, 4) is 5.75 Å². The lowest BCUT2D eigenvalue weighted by molar-refractivity contribution is -0.275.